The first-order valence-electron chi connectivity index (χ1n) is 7.16. The van der Waals surface area contributed by atoms with Gasteiger partial charge in [-0.05, 0) is 49.7 Å². The summed E-state index contributed by atoms with van der Waals surface area (Å²) in [7, 11) is 0. The van der Waals surface area contributed by atoms with E-state index >= 15 is 0 Å². The SMILES string of the molecule is Cc1ccc(C)c(-c2csc(Nc3ccc(C(=O)O)cc3)n2)c1. The van der Waals surface area contributed by atoms with Crippen molar-refractivity contribution in [1.29, 1.82) is 0 Å². The van der Waals surface area contributed by atoms with E-state index in [4.69, 9.17) is 5.11 Å². The van der Waals surface area contributed by atoms with Crippen molar-refractivity contribution >= 4 is 28.1 Å². The third-order valence-electron chi connectivity index (χ3n) is 3.56. The maximum absolute atomic E-state index is 10.9. The van der Waals surface area contributed by atoms with Gasteiger partial charge in [-0.3, -0.25) is 0 Å². The van der Waals surface area contributed by atoms with Crippen LogP contribution in [-0.2, 0) is 0 Å². The molecule has 0 unspecified atom stereocenters. The minimum Gasteiger partial charge on any atom is -0.478 e. The lowest BCUT2D eigenvalue weighted by Gasteiger charge is -2.04. The third-order valence-corrected chi connectivity index (χ3v) is 4.31. The molecule has 0 aliphatic carbocycles. The van der Waals surface area contributed by atoms with E-state index in [1.165, 1.54) is 22.5 Å². The van der Waals surface area contributed by atoms with Crippen LogP contribution in [0.5, 0.6) is 0 Å². The molecule has 3 rings (SSSR count). The van der Waals surface area contributed by atoms with Crippen LogP contribution < -0.4 is 5.32 Å². The average molecular weight is 324 g/mol. The van der Waals surface area contributed by atoms with E-state index in [-0.39, 0.29) is 5.56 Å². The van der Waals surface area contributed by atoms with Crippen molar-refractivity contribution in [2.75, 3.05) is 5.32 Å². The molecule has 0 atom stereocenters. The standard InChI is InChI=1S/C18H16N2O2S/c1-11-3-4-12(2)15(9-11)16-10-23-18(20-16)19-14-7-5-13(6-8-14)17(21)22/h3-10H,1-2H3,(H,19,20)(H,21,22). The lowest BCUT2D eigenvalue weighted by Crippen LogP contribution is -1.96. The quantitative estimate of drug-likeness (QED) is 0.719. The lowest BCUT2D eigenvalue weighted by atomic mass is 10.0. The van der Waals surface area contributed by atoms with E-state index in [0.29, 0.717) is 0 Å². The first-order valence-corrected chi connectivity index (χ1v) is 8.04. The number of nitrogens with one attached hydrogen (secondary N) is 1. The van der Waals surface area contributed by atoms with Gasteiger partial charge in [0.15, 0.2) is 5.13 Å². The van der Waals surface area contributed by atoms with Gasteiger partial charge in [-0.2, -0.15) is 0 Å². The number of hydrogen-bond donors (Lipinski definition) is 2. The molecule has 0 spiro atoms. The molecule has 1 heterocycles. The van der Waals surface area contributed by atoms with Crippen LogP contribution in [0.25, 0.3) is 11.3 Å². The molecular weight excluding hydrogens is 308 g/mol. The largest absolute Gasteiger partial charge is 0.478 e. The fraction of sp³-hybridized carbons (Fsp3) is 0.111. The van der Waals surface area contributed by atoms with Gasteiger partial charge in [0.25, 0.3) is 0 Å². The molecule has 0 fully saturated rings. The number of carboxylic acid groups (broad SMARTS) is 1. The van der Waals surface area contributed by atoms with Gasteiger partial charge in [-0.1, -0.05) is 17.7 Å². The molecule has 4 nitrogen and oxygen atoms in total. The zero-order chi connectivity index (χ0) is 16.4. The number of thiazole rings is 1. The molecule has 0 radical (unpaired) electrons. The van der Waals surface area contributed by atoms with Crippen molar-refractivity contribution in [3.8, 4) is 11.3 Å². The lowest BCUT2D eigenvalue weighted by molar-refractivity contribution is 0.0697. The molecule has 1 aromatic heterocycles. The monoisotopic (exact) mass is 324 g/mol. The van der Waals surface area contributed by atoms with Gasteiger partial charge in [0, 0.05) is 16.6 Å². The van der Waals surface area contributed by atoms with Crippen LogP contribution >= 0.6 is 11.3 Å². The van der Waals surface area contributed by atoms with Crippen molar-refractivity contribution in [3.63, 3.8) is 0 Å². The van der Waals surface area contributed by atoms with Gasteiger partial charge in [-0.25, -0.2) is 9.78 Å². The Morgan fingerprint density at radius 3 is 2.57 bits per heavy atom. The highest BCUT2D eigenvalue weighted by Gasteiger charge is 2.08. The number of aromatic nitrogens is 1. The highest BCUT2D eigenvalue weighted by molar-refractivity contribution is 7.14. The summed E-state index contributed by atoms with van der Waals surface area (Å²) < 4.78 is 0. The Kier molecular flexibility index (Phi) is 4.12. The van der Waals surface area contributed by atoms with Gasteiger partial charge in [0.2, 0.25) is 0 Å². The van der Waals surface area contributed by atoms with E-state index in [2.05, 4.69) is 42.3 Å². The van der Waals surface area contributed by atoms with Gasteiger partial charge in [0.05, 0.1) is 11.3 Å². The number of aryl methyl sites for hydroxylation is 2. The number of carboxylic acids is 1. The molecule has 0 saturated carbocycles. The molecule has 0 saturated heterocycles. The Hall–Kier alpha value is -2.66. The molecule has 0 aliphatic rings. The predicted molar refractivity (Wildman–Crippen MR) is 93.7 cm³/mol. The van der Waals surface area contributed by atoms with Crippen LogP contribution in [0.2, 0.25) is 0 Å². The maximum atomic E-state index is 10.9. The van der Waals surface area contributed by atoms with Crippen LogP contribution in [0.1, 0.15) is 21.5 Å². The van der Waals surface area contributed by atoms with Crippen molar-refractivity contribution in [2.24, 2.45) is 0 Å². The van der Waals surface area contributed by atoms with E-state index in [1.807, 2.05) is 5.38 Å². The fourth-order valence-electron chi connectivity index (χ4n) is 2.29. The molecule has 5 heteroatoms. The molecule has 0 bridgehead atoms. The van der Waals surface area contributed by atoms with E-state index in [0.717, 1.165) is 22.1 Å². The van der Waals surface area contributed by atoms with Crippen molar-refractivity contribution in [3.05, 3.63) is 64.5 Å². The zero-order valence-electron chi connectivity index (χ0n) is 12.8. The summed E-state index contributed by atoms with van der Waals surface area (Å²) in [6.07, 6.45) is 0. The van der Waals surface area contributed by atoms with E-state index in [9.17, 15) is 4.79 Å². The summed E-state index contributed by atoms with van der Waals surface area (Å²) in [5, 5.41) is 14.9. The Labute approximate surface area is 138 Å². The second-order valence-electron chi connectivity index (χ2n) is 5.36. The normalized spacial score (nSPS) is 10.5. The van der Waals surface area contributed by atoms with Gasteiger partial charge < -0.3 is 10.4 Å². The molecule has 3 aromatic rings. The third kappa shape index (κ3) is 3.40. The van der Waals surface area contributed by atoms with Crippen molar-refractivity contribution in [2.45, 2.75) is 13.8 Å². The molecule has 2 N–H and O–H groups in total. The summed E-state index contributed by atoms with van der Waals surface area (Å²) in [6, 6.07) is 12.9. The Morgan fingerprint density at radius 1 is 1.13 bits per heavy atom. The van der Waals surface area contributed by atoms with Gasteiger partial charge in [-0.15, -0.1) is 11.3 Å². The molecular formula is C18H16N2O2S. The molecule has 116 valence electrons. The van der Waals surface area contributed by atoms with Crippen LogP contribution in [0.4, 0.5) is 10.8 Å². The summed E-state index contributed by atoms with van der Waals surface area (Å²) in [5.74, 6) is -0.928. The number of hydrogen-bond acceptors (Lipinski definition) is 4. The summed E-state index contributed by atoms with van der Waals surface area (Å²) in [6.45, 7) is 4.14. The minimum atomic E-state index is -0.928. The summed E-state index contributed by atoms with van der Waals surface area (Å²) in [4.78, 5) is 15.5. The Balaban J connectivity index is 1.82. The van der Waals surface area contributed by atoms with Crippen LogP contribution in [0.15, 0.2) is 47.8 Å². The van der Waals surface area contributed by atoms with Crippen LogP contribution in [0, 0.1) is 13.8 Å². The topological polar surface area (TPSA) is 62.2 Å². The highest BCUT2D eigenvalue weighted by Crippen LogP contribution is 2.29. The average Bonchev–Trinajstić information content (AvgIpc) is 2.98. The number of benzene rings is 2. The number of carbonyl (C=O) groups is 1. The predicted octanol–water partition coefficient (Wildman–Crippen LogP) is 4.87. The first-order chi connectivity index (χ1) is 11.0. The van der Waals surface area contributed by atoms with Crippen LogP contribution in [0.3, 0.4) is 0 Å². The summed E-state index contributed by atoms with van der Waals surface area (Å²) in [5.41, 5.74) is 5.56. The zero-order valence-corrected chi connectivity index (χ0v) is 13.6. The fourth-order valence-corrected chi connectivity index (χ4v) is 3.02. The number of aromatic carboxylic acids is 1. The van der Waals surface area contributed by atoms with E-state index in [1.54, 1.807) is 24.3 Å². The highest BCUT2D eigenvalue weighted by atomic mass is 32.1. The second kappa shape index (κ2) is 6.22. The van der Waals surface area contributed by atoms with Gasteiger partial charge in [0.1, 0.15) is 0 Å². The molecule has 2 aromatic carbocycles. The molecule has 0 amide bonds. The molecule has 0 aliphatic heterocycles. The Bertz CT molecular complexity index is 854. The second-order valence-corrected chi connectivity index (χ2v) is 6.22. The number of nitrogens with zero attached hydrogens (tertiary/aromatic N) is 1. The van der Waals surface area contributed by atoms with Crippen molar-refractivity contribution < 1.29 is 9.90 Å². The maximum Gasteiger partial charge on any atom is 0.335 e. The number of anilines is 2. The number of rotatable bonds is 4. The van der Waals surface area contributed by atoms with Crippen molar-refractivity contribution in [1.82, 2.24) is 4.98 Å². The summed E-state index contributed by atoms with van der Waals surface area (Å²) >= 11 is 1.53. The molecule has 23 heavy (non-hydrogen) atoms. The van der Waals surface area contributed by atoms with E-state index < -0.39 is 5.97 Å². The van der Waals surface area contributed by atoms with Crippen LogP contribution in [-0.4, -0.2) is 16.1 Å². The first kappa shape index (κ1) is 15.2. The smallest absolute Gasteiger partial charge is 0.335 e. The van der Waals surface area contributed by atoms with Gasteiger partial charge >= 0.3 is 5.97 Å². The Morgan fingerprint density at radius 2 is 1.87 bits per heavy atom. The minimum absolute atomic E-state index is 0.269.